The van der Waals surface area contributed by atoms with Crippen molar-refractivity contribution in [2.45, 2.75) is 235 Å². The van der Waals surface area contributed by atoms with Crippen LogP contribution in [0, 0.1) is 11.8 Å². The van der Waals surface area contributed by atoms with Crippen molar-refractivity contribution in [1.82, 2.24) is 19.6 Å². The van der Waals surface area contributed by atoms with Crippen molar-refractivity contribution in [3.8, 4) is 0 Å². The third-order valence-electron chi connectivity index (χ3n) is 14.5. The van der Waals surface area contributed by atoms with Crippen LogP contribution in [0.3, 0.4) is 0 Å². The van der Waals surface area contributed by atoms with Crippen LogP contribution in [0.15, 0.2) is 0 Å². The Balaban J connectivity index is 0. The van der Waals surface area contributed by atoms with Crippen molar-refractivity contribution in [1.29, 1.82) is 0 Å². The van der Waals surface area contributed by atoms with E-state index in [-0.39, 0.29) is 14.9 Å². The van der Waals surface area contributed by atoms with E-state index in [1.807, 2.05) is 0 Å². The Hall–Kier alpha value is -0.160. The maximum atomic E-state index is 2.54. The Kier molecular flexibility index (Phi) is 16.5. The van der Waals surface area contributed by atoms with E-state index in [2.05, 4.69) is 172 Å². The van der Waals surface area contributed by atoms with Crippen molar-refractivity contribution in [2.24, 2.45) is 11.8 Å². The molecule has 280 valence electrons. The molecule has 0 amide bonds. The largest absolute Gasteiger partial charge is 0.296 e. The molecule has 0 aliphatic carbocycles. The Morgan fingerprint density at radius 2 is 0.652 bits per heavy atom. The molecule has 2 atom stereocenters. The van der Waals surface area contributed by atoms with Gasteiger partial charge in [0.1, 0.15) is 0 Å². The first-order valence-corrected chi connectivity index (χ1v) is 18.2. The van der Waals surface area contributed by atoms with Crippen LogP contribution in [0.4, 0.5) is 0 Å². The minimum Gasteiger partial charge on any atom is -0.296 e. The summed E-state index contributed by atoms with van der Waals surface area (Å²) in [6.45, 7) is 42.1. The van der Waals surface area contributed by atoms with Gasteiger partial charge >= 0.3 is 0 Å². The summed E-state index contributed by atoms with van der Waals surface area (Å²) in [4.78, 5) is 10.0. The van der Waals surface area contributed by atoms with Gasteiger partial charge in [0, 0.05) is 44.3 Å². The maximum absolute atomic E-state index is 2.54. The molecule has 0 aromatic rings. The van der Waals surface area contributed by atoms with Crippen LogP contribution in [0.1, 0.15) is 191 Å². The Labute approximate surface area is 294 Å². The van der Waals surface area contributed by atoms with Crippen molar-refractivity contribution in [3.05, 3.63) is 0 Å². The quantitative estimate of drug-likeness (QED) is 0.258. The minimum atomic E-state index is 0. The molecule has 4 rings (SSSR count). The molecular formula is C42H92N4. The zero-order valence-corrected chi connectivity index (χ0v) is 34.6. The van der Waals surface area contributed by atoms with Crippen LogP contribution >= 0.6 is 0 Å². The molecule has 4 aliphatic rings. The average molecular weight is 653 g/mol. The fourth-order valence-electron chi connectivity index (χ4n) is 8.32. The predicted octanol–water partition coefficient (Wildman–Crippen LogP) is 11.6. The standard InChI is InChI=1S/C11H23N.2C10H21N.C9H19N.2CH4/c1-9-7-8-10(2,3)12(6)11(9,4)5;1-8-7-9(2,3)11(6)10(8,4)5;1-9(2)7-6-8-10(3,4)11(9)5;1-8(2)6-7-9(3,4)10(8)5;;/h9H,7-8H2,1-6H3;8H,7H2,1-6H3;6-8H2,1-5H3;6-7H2,1-5H3;2*1H4. The van der Waals surface area contributed by atoms with E-state index in [9.17, 15) is 0 Å². The smallest absolute Gasteiger partial charge is 0.0181 e. The molecule has 4 aliphatic heterocycles. The van der Waals surface area contributed by atoms with Crippen LogP contribution in [0.25, 0.3) is 0 Å². The molecule has 0 radical (unpaired) electrons. The molecule has 0 bridgehead atoms. The summed E-state index contributed by atoms with van der Waals surface area (Å²) in [6.07, 6.45) is 10.7. The molecule has 0 aromatic heterocycles. The topological polar surface area (TPSA) is 13.0 Å². The van der Waals surface area contributed by atoms with Gasteiger partial charge < -0.3 is 0 Å². The second kappa shape index (κ2) is 15.8. The van der Waals surface area contributed by atoms with E-state index in [1.165, 1.54) is 51.4 Å². The van der Waals surface area contributed by atoms with E-state index in [1.54, 1.807) is 0 Å². The van der Waals surface area contributed by atoms with Gasteiger partial charge in [-0.05, 0) is 202 Å². The van der Waals surface area contributed by atoms with Gasteiger partial charge in [0.25, 0.3) is 0 Å². The molecule has 46 heavy (non-hydrogen) atoms. The lowest BCUT2D eigenvalue weighted by Crippen LogP contribution is -2.59. The molecule has 2 unspecified atom stereocenters. The number of hydrogen-bond acceptors (Lipinski definition) is 4. The highest BCUT2D eigenvalue weighted by Crippen LogP contribution is 2.43. The summed E-state index contributed by atoms with van der Waals surface area (Å²) in [5.74, 6) is 1.62. The van der Waals surface area contributed by atoms with Gasteiger partial charge in [0.15, 0.2) is 0 Å². The third-order valence-corrected chi connectivity index (χ3v) is 14.5. The fourth-order valence-corrected chi connectivity index (χ4v) is 8.32. The second-order valence-electron chi connectivity index (χ2n) is 20.3. The normalized spacial score (nSPS) is 31.7. The first kappa shape index (κ1) is 48.0. The van der Waals surface area contributed by atoms with Gasteiger partial charge in [-0.1, -0.05) is 28.7 Å². The van der Waals surface area contributed by atoms with Crippen LogP contribution in [-0.4, -0.2) is 92.1 Å². The lowest BCUT2D eigenvalue weighted by Gasteiger charge is -2.54. The van der Waals surface area contributed by atoms with Crippen LogP contribution in [0.2, 0.25) is 0 Å². The van der Waals surface area contributed by atoms with Crippen LogP contribution in [-0.2, 0) is 0 Å². The van der Waals surface area contributed by atoms with Gasteiger partial charge in [-0.25, -0.2) is 0 Å². The number of hydrogen-bond donors (Lipinski definition) is 0. The van der Waals surface area contributed by atoms with Gasteiger partial charge in [0.05, 0.1) is 0 Å². The molecule has 4 fully saturated rings. The van der Waals surface area contributed by atoms with E-state index >= 15 is 0 Å². The first-order valence-electron chi connectivity index (χ1n) is 18.2. The van der Waals surface area contributed by atoms with E-state index in [4.69, 9.17) is 0 Å². The summed E-state index contributed by atoms with van der Waals surface area (Å²) in [6, 6.07) is 0. The van der Waals surface area contributed by atoms with Gasteiger partial charge in [-0.3, -0.25) is 19.6 Å². The van der Waals surface area contributed by atoms with Crippen molar-refractivity contribution >= 4 is 0 Å². The molecule has 4 nitrogen and oxygen atoms in total. The molecule has 4 heterocycles. The summed E-state index contributed by atoms with van der Waals surface area (Å²) in [5.41, 5.74) is 3.17. The van der Waals surface area contributed by atoms with Crippen LogP contribution < -0.4 is 0 Å². The lowest BCUT2D eigenvalue weighted by atomic mass is 9.74. The molecule has 0 saturated carbocycles. The summed E-state index contributed by atoms with van der Waals surface area (Å²) in [5, 5.41) is 0. The third kappa shape index (κ3) is 10.9. The fraction of sp³-hybridized carbons (Fsp3) is 1.00. The lowest BCUT2D eigenvalue weighted by molar-refractivity contribution is -0.0382. The van der Waals surface area contributed by atoms with Gasteiger partial charge in [-0.2, -0.15) is 0 Å². The number of piperidine rings is 2. The molecule has 4 heteroatoms. The van der Waals surface area contributed by atoms with Crippen molar-refractivity contribution < 1.29 is 0 Å². The predicted molar refractivity (Wildman–Crippen MR) is 212 cm³/mol. The monoisotopic (exact) mass is 653 g/mol. The molecule has 4 saturated heterocycles. The zero-order valence-electron chi connectivity index (χ0n) is 34.6. The van der Waals surface area contributed by atoms with Crippen molar-refractivity contribution in [3.63, 3.8) is 0 Å². The average Bonchev–Trinajstić information content (AvgIpc) is 3.14. The first-order chi connectivity index (χ1) is 19.3. The van der Waals surface area contributed by atoms with Crippen molar-refractivity contribution in [2.75, 3.05) is 28.2 Å². The molecule has 0 N–H and O–H groups in total. The Morgan fingerprint density at radius 1 is 0.370 bits per heavy atom. The SMILES string of the molecule is C.C.CC1CC(C)(C)N(C)C1(C)C.CC1CCC(C)(C)N(C)C1(C)C.CN1C(C)(C)CCC1(C)C.CN1C(C)(C)CCCC1(C)C. The highest BCUT2D eigenvalue weighted by Gasteiger charge is 2.47. The van der Waals surface area contributed by atoms with E-state index < -0.39 is 0 Å². The zero-order chi connectivity index (χ0) is 35.1. The van der Waals surface area contributed by atoms with Gasteiger partial charge in [-0.15, -0.1) is 0 Å². The molecule has 0 spiro atoms. The maximum Gasteiger partial charge on any atom is 0.0181 e. The van der Waals surface area contributed by atoms with Gasteiger partial charge in [0.2, 0.25) is 0 Å². The minimum absolute atomic E-state index is 0. The summed E-state index contributed by atoms with van der Waals surface area (Å²) >= 11 is 0. The molecule has 0 aromatic carbocycles. The number of rotatable bonds is 0. The Morgan fingerprint density at radius 3 is 0.870 bits per heavy atom. The summed E-state index contributed by atoms with van der Waals surface area (Å²) in [7, 11) is 8.98. The number of likely N-dealkylation sites (tertiary alicyclic amines) is 4. The van der Waals surface area contributed by atoms with E-state index in [0.29, 0.717) is 44.3 Å². The number of nitrogens with zero attached hydrogens (tertiary/aromatic N) is 4. The summed E-state index contributed by atoms with van der Waals surface area (Å²) < 4.78 is 0. The van der Waals surface area contributed by atoms with E-state index in [0.717, 1.165) is 11.8 Å². The highest BCUT2D eigenvalue weighted by molar-refractivity contribution is 5.02. The Bertz CT molecular complexity index is 864. The second-order valence-corrected chi connectivity index (χ2v) is 20.3. The highest BCUT2D eigenvalue weighted by atomic mass is 15.3. The molecular weight excluding hydrogens is 560 g/mol. The van der Waals surface area contributed by atoms with Crippen LogP contribution in [0.5, 0.6) is 0 Å².